The van der Waals surface area contributed by atoms with Crippen LogP contribution in [-0.4, -0.2) is 34.3 Å². The van der Waals surface area contributed by atoms with Crippen molar-refractivity contribution in [1.82, 2.24) is 15.3 Å². The number of para-hydroxylation sites is 1. The predicted octanol–water partition coefficient (Wildman–Crippen LogP) is 3.72. The molecule has 0 saturated carbocycles. The Morgan fingerprint density at radius 1 is 1.03 bits per heavy atom. The summed E-state index contributed by atoms with van der Waals surface area (Å²) in [7, 11) is 0. The van der Waals surface area contributed by atoms with Gasteiger partial charge in [0.05, 0.1) is 16.8 Å². The molecular formula is C22H17N5OS. The number of nitrogens with one attached hydrogen (secondary N) is 2. The highest BCUT2D eigenvalue weighted by Crippen LogP contribution is 2.30. The number of anilines is 1. The summed E-state index contributed by atoms with van der Waals surface area (Å²) in [6.45, 7) is 0.390. The lowest BCUT2D eigenvalue weighted by Crippen LogP contribution is -2.41. The number of amides is 1. The number of carbonyl (C=O) groups is 1. The van der Waals surface area contributed by atoms with E-state index in [-0.39, 0.29) is 5.91 Å². The van der Waals surface area contributed by atoms with Crippen LogP contribution in [0.5, 0.6) is 0 Å². The Kier molecular flexibility index (Phi) is 4.50. The maximum atomic E-state index is 12.6. The van der Waals surface area contributed by atoms with Crippen LogP contribution in [0.25, 0.3) is 20.8 Å². The Morgan fingerprint density at radius 2 is 1.86 bits per heavy atom. The first-order chi connectivity index (χ1) is 14.3. The smallest absolute Gasteiger partial charge is 0.248 e. The summed E-state index contributed by atoms with van der Waals surface area (Å²) < 4.78 is 1.16. The standard InChI is InChI=1S/C22H17N5OS/c28-21(18-13-24-20(26-18)17-6-3-4-12-23-17)25-15-10-8-14(9-11-15)22-27-16-5-1-2-7-19(16)29-22/h1-12,18H,13H2,(H,24,26)(H,25,28). The number of benzene rings is 2. The molecule has 0 bridgehead atoms. The fraction of sp³-hybridized carbons (Fsp3) is 0.0909. The number of carbonyl (C=O) groups excluding carboxylic acids is 1. The molecule has 2 aromatic heterocycles. The number of hydrogen-bond acceptors (Lipinski definition) is 6. The second-order valence-electron chi connectivity index (χ2n) is 6.65. The summed E-state index contributed by atoms with van der Waals surface area (Å²) in [4.78, 5) is 25.9. The van der Waals surface area contributed by atoms with E-state index in [4.69, 9.17) is 0 Å². The van der Waals surface area contributed by atoms with Gasteiger partial charge in [0, 0.05) is 17.4 Å². The van der Waals surface area contributed by atoms with Crippen molar-refractivity contribution in [3.8, 4) is 10.6 Å². The van der Waals surface area contributed by atoms with Crippen molar-refractivity contribution in [2.75, 3.05) is 11.9 Å². The first-order valence-electron chi connectivity index (χ1n) is 9.25. The topological polar surface area (TPSA) is 79.3 Å². The van der Waals surface area contributed by atoms with Crippen molar-refractivity contribution in [3.05, 3.63) is 78.6 Å². The monoisotopic (exact) mass is 399 g/mol. The molecule has 1 amide bonds. The summed E-state index contributed by atoms with van der Waals surface area (Å²) >= 11 is 1.66. The van der Waals surface area contributed by atoms with Crippen molar-refractivity contribution in [2.45, 2.75) is 6.04 Å². The molecule has 0 fully saturated rings. The minimum atomic E-state index is -0.407. The Bertz CT molecular complexity index is 1170. The van der Waals surface area contributed by atoms with Crippen molar-refractivity contribution in [3.63, 3.8) is 0 Å². The highest BCUT2D eigenvalue weighted by molar-refractivity contribution is 7.21. The van der Waals surface area contributed by atoms with Crippen LogP contribution in [0.15, 0.2) is 77.9 Å². The van der Waals surface area contributed by atoms with Gasteiger partial charge in [0.25, 0.3) is 0 Å². The summed E-state index contributed by atoms with van der Waals surface area (Å²) in [5, 5.41) is 7.06. The molecule has 0 aliphatic carbocycles. The molecule has 29 heavy (non-hydrogen) atoms. The minimum Gasteiger partial charge on any atom is -0.355 e. The van der Waals surface area contributed by atoms with Gasteiger partial charge in [-0.05, 0) is 48.5 Å². The van der Waals surface area contributed by atoms with Gasteiger partial charge < -0.3 is 10.6 Å². The van der Waals surface area contributed by atoms with Crippen molar-refractivity contribution < 1.29 is 4.79 Å². The Hall–Kier alpha value is -3.58. The minimum absolute atomic E-state index is 0.118. The van der Waals surface area contributed by atoms with Crippen LogP contribution >= 0.6 is 11.3 Å². The zero-order valence-corrected chi connectivity index (χ0v) is 16.2. The average molecular weight is 399 g/mol. The molecule has 2 aromatic carbocycles. The van der Waals surface area contributed by atoms with Crippen molar-refractivity contribution >= 4 is 39.0 Å². The number of hydrogen-bond donors (Lipinski definition) is 2. The van der Waals surface area contributed by atoms with Crippen LogP contribution in [0, 0.1) is 0 Å². The molecule has 0 spiro atoms. The van der Waals surface area contributed by atoms with Gasteiger partial charge in [-0.15, -0.1) is 11.3 Å². The molecule has 6 nitrogen and oxygen atoms in total. The third kappa shape index (κ3) is 3.60. The lowest BCUT2D eigenvalue weighted by atomic mass is 10.2. The van der Waals surface area contributed by atoms with Gasteiger partial charge in [-0.25, -0.2) is 4.98 Å². The summed E-state index contributed by atoms with van der Waals surface area (Å²) in [5.41, 5.74) is 3.51. The van der Waals surface area contributed by atoms with Gasteiger partial charge in [-0.2, -0.15) is 0 Å². The summed E-state index contributed by atoms with van der Waals surface area (Å²) in [6, 6.07) is 21.0. The normalized spacial score (nSPS) is 15.7. The van der Waals surface area contributed by atoms with Crippen LogP contribution in [0.2, 0.25) is 0 Å². The molecule has 0 saturated heterocycles. The van der Waals surface area contributed by atoms with Crippen LogP contribution in [0.1, 0.15) is 5.69 Å². The van der Waals surface area contributed by atoms with Gasteiger partial charge >= 0.3 is 0 Å². The Morgan fingerprint density at radius 3 is 2.66 bits per heavy atom. The number of aliphatic imine (C=N–C) groups is 1. The lowest BCUT2D eigenvalue weighted by Gasteiger charge is -2.12. The van der Waals surface area contributed by atoms with E-state index in [9.17, 15) is 4.79 Å². The van der Waals surface area contributed by atoms with Crippen LogP contribution in [0.4, 0.5) is 5.69 Å². The highest BCUT2D eigenvalue weighted by atomic mass is 32.1. The van der Waals surface area contributed by atoms with Gasteiger partial charge in [-0.3, -0.25) is 14.8 Å². The van der Waals surface area contributed by atoms with Crippen molar-refractivity contribution in [2.24, 2.45) is 4.99 Å². The molecule has 5 rings (SSSR count). The third-order valence-corrected chi connectivity index (χ3v) is 5.75. The number of aromatic nitrogens is 2. The molecule has 142 valence electrons. The van der Waals surface area contributed by atoms with E-state index in [1.165, 1.54) is 0 Å². The molecule has 0 radical (unpaired) electrons. The zero-order chi connectivity index (χ0) is 19.6. The molecule has 4 aromatic rings. The molecule has 2 N–H and O–H groups in total. The van der Waals surface area contributed by atoms with Gasteiger partial charge in [0.15, 0.2) is 0 Å². The van der Waals surface area contributed by atoms with E-state index in [1.54, 1.807) is 17.5 Å². The quantitative estimate of drug-likeness (QED) is 0.548. The van der Waals surface area contributed by atoms with Gasteiger partial charge in [-0.1, -0.05) is 18.2 Å². The first kappa shape index (κ1) is 17.5. The maximum absolute atomic E-state index is 12.6. The molecule has 3 heterocycles. The molecule has 1 atom stereocenters. The SMILES string of the molecule is O=C(Nc1ccc(-c2nc3ccccc3s2)cc1)C1CN=C(c2ccccn2)N1. The highest BCUT2D eigenvalue weighted by Gasteiger charge is 2.25. The Labute approximate surface area is 171 Å². The molecule has 1 aliphatic rings. The number of pyridine rings is 1. The number of thiazole rings is 1. The van der Waals surface area contributed by atoms with Crippen molar-refractivity contribution in [1.29, 1.82) is 0 Å². The maximum Gasteiger partial charge on any atom is 0.248 e. The molecule has 1 aliphatic heterocycles. The van der Waals surface area contributed by atoms with E-state index in [0.29, 0.717) is 12.4 Å². The second-order valence-corrected chi connectivity index (χ2v) is 7.69. The van der Waals surface area contributed by atoms with E-state index >= 15 is 0 Å². The van der Waals surface area contributed by atoms with E-state index in [2.05, 4.69) is 31.7 Å². The molecule has 1 unspecified atom stereocenters. The Balaban J connectivity index is 1.25. The average Bonchev–Trinajstić information content (AvgIpc) is 3.42. The van der Waals surface area contributed by atoms with E-state index < -0.39 is 6.04 Å². The molecular weight excluding hydrogens is 382 g/mol. The van der Waals surface area contributed by atoms with Crippen LogP contribution in [0.3, 0.4) is 0 Å². The fourth-order valence-electron chi connectivity index (χ4n) is 3.17. The largest absolute Gasteiger partial charge is 0.355 e. The number of fused-ring (bicyclic) bond motifs is 1. The van der Waals surface area contributed by atoms with Gasteiger partial charge in [0.2, 0.25) is 5.91 Å². The number of nitrogens with zero attached hydrogens (tertiary/aromatic N) is 3. The van der Waals surface area contributed by atoms with E-state index in [1.807, 2.05) is 60.7 Å². The van der Waals surface area contributed by atoms with Crippen LogP contribution in [-0.2, 0) is 4.79 Å². The summed E-state index contributed by atoms with van der Waals surface area (Å²) in [5.74, 6) is 0.532. The first-order valence-corrected chi connectivity index (χ1v) is 10.1. The lowest BCUT2D eigenvalue weighted by molar-refractivity contribution is -0.117. The molecule has 7 heteroatoms. The fourth-order valence-corrected chi connectivity index (χ4v) is 4.14. The summed E-state index contributed by atoms with van der Waals surface area (Å²) in [6.07, 6.45) is 1.71. The van der Waals surface area contributed by atoms with Gasteiger partial charge in [0.1, 0.15) is 22.6 Å². The van der Waals surface area contributed by atoms with E-state index in [0.717, 1.165) is 32.2 Å². The second kappa shape index (κ2) is 7.44. The predicted molar refractivity (Wildman–Crippen MR) is 116 cm³/mol. The third-order valence-electron chi connectivity index (χ3n) is 4.66. The number of amidine groups is 1. The number of rotatable bonds is 4. The zero-order valence-electron chi connectivity index (χ0n) is 15.4. The van der Waals surface area contributed by atoms with Crippen LogP contribution < -0.4 is 10.6 Å².